The third-order valence-corrected chi connectivity index (χ3v) is 7.08. The maximum absolute atomic E-state index is 12.8. The molecule has 2 aliphatic rings. The summed E-state index contributed by atoms with van der Waals surface area (Å²) in [5.74, 6) is -2.40. The van der Waals surface area contributed by atoms with Crippen LogP contribution < -0.4 is 10.2 Å². The Morgan fingerprint density at radius 2 is 1.52 bits per heavy atom. The second-order valence-corrected chi connectivity index (χ2v) is 9.98. The van der Waals surface area contributed by atoms with Gasteiger partial charge in [0, 0.05) is 23.8 Å². The van der Waals surface area contributed by atoms with Crippen LogP contribution in [0.1, 0.15) is 6.92 Å². The van der Waals surface area contributed by atoms with E-state index >= 15 is 0 Å². The molecule has 3 aromatic rings. The Morgan fingerprint density at radius 3 is 2.19 bits per heavy atom. The lowest BCUT2D eigenvalue weighted by atomic mass is 9.97. The van der Waals surface area contributed by atoms with Gasteiger partial charge in [0.25, 0.3) is 0 Å². The minimum absolute atomic E-state index is 0.0160. The largest absolute Gasteiger partial charge is 0.508 e. The maximum Gasteiger partial charge on any atom is 0.335 e. The first-order valence-corrected chi connectivity index (χ1v) is 12.7. The van der Waals surface area contributed by atoms with Gasteiger partial charge in [0.05, 0.1) is 6.10 Å². The molecule has 0 bridgehead atoms. The Labute approximate surface area is 235 Å². The normalized spacial score (nSPS) is 33.4. The van der Waals surface area contributed by atoms with Crippen molar-refractivity contribution in [2.24, 2.45) is 0 Å². The van der Waals surface area contributed by atoms with Crippen molar-refractivity contribution in [3.63, 3.8) is 0 Å². The van der Waals surface area contributed by atoms with Gasteiger partial charge < -0.3 is 64.2 Å². The number of hydrogen-bond acceptors (Lipinski definition) is 14. The number of hydrogen-bond donors (Lipinski definition) is 8. The first kappa shape index (κ1) is 29.7. The summed E-state index contributed by atoms with van der Waals surface area (Å²) in [6, 6.07) is 9.07. The molecule has 2 aliphatic heterocycles. The molecule has 0 aliphatic carbocycles. The third-order valence-electron chi connectivity index (χ3n) is 7.08. The lowest BCUT2D eigenvalue weighted by Crippen LogP contribution is -2.65. The molecular formula is C27H28O15. The fourth-order valence-electron chi connectivity index (χ4n) is 4.77. The van der Waals surface area contributed by atoms with E-state index in [2.05, 4.69) is 0 Å². The monoisotopic (exact) mass is 592 g/mol. The van der Waals surface area contributed by atoms with Crippen molar-refractivity contribution in [2.75, 3.05) is 0 Å². The molecule has 42 heavy (non-hydrogen) atoms. The summed E-state index contributed by atoms with van der Waals surface area (Å²) in [7, 11) is 0. The van der Waals surface area contributed by atoms with E-state index in [-0.39, 0.29) is 28.2 Å². The van der Waals surface area contributed by atoms with Gasteiger partial charge in [0.1, 0.15) is 64.5 Å². The number of aromatic hydroxyl groups is 2. The number of aliphatic hydroxyl groups excluding tert-OH is 5. The molecule has 1 aromatic heterocycles. The van der Waals surface area contributed by atoms with Crippen LogP contribution in [0.2, 0.25) is 0 Å². The first-order chi connectivity index (χ1) is 19.8. The van der Waals surface area contributed by atoms with E-state index < -0.39 is 78.6 Å². The molecule has 0 radical (unpaired) electrons. The summed E-state index contributed by atoms with van der Waals surface area (Å²) in [6.45, 7) is 1.38. The van der Waals surface area contributed by atoms with Crippen molar-refractivity contribution in [3.05, 3.63) is 52.7 Å². The average molecular weight is 593 g/mol. The molecule has 2 fully saturated rings. The molecule has 15 nitrogen and oxygen atoms in total. The van der Waals surface area contributed by atoms with Crippen LogP contribution in [0.5, 0.6) is 17.2 Å². The highest BCUT2D eigenvalue weighted by atomic mass is 16.8. The van der Waals surface area contributed by atoms with E-state index in [1.807, 2.05) is 0 Å². The van der Waals surface area contributed by atoms with E-state index in [0.717, 1.165) is 12.1 Å². The first-order valence-electron chi connectivity index (χ1n) is 12.7. The van der Waals surface area contributed by atoms with E-state index in [4.69, 9.17) is 23.4 Å². The van der Waals surface area contributed by atoms with Crippen LogP contribution in [0.4, 0.5) is 0 Å². The second-order valence-electron chi connectivity index (χ2n) is 9.98. The average Bonchev–Trinajstić information content (AvgIpc) is 2.93. The zero-order chi connectivity index (χ0) is 30.5. The molecule has 0 unspecified atom stereocenters. The van der Waals surface area contributed by atoms with Gasteiger partial charge in [-0.15, -0.1) is 0 Å². The molecule has 15 heteroatoms. The molecule has 10 atom stereocenters. The quantitative estimate of drug-likeness (QED) is 0.171. The summed E-state index contributed by atoms with van der Waals surface area (Å²) in [4.78, 5) is 24.5. The number of aliphatic carboxylic acids is 1. The van der Waals surface area contributed by atoms with Crippen molar-refractivity contribution >= 4 is 16.9 Å². The van der Waals surface area contributed by atoms with Crippen LogP contribution in [0.15, 0.2) is 51.7 Å². The molecule has 226 valence electrons. The summed E-state index contributed by atoms with van der Waals surface area (Å²) in [5.41, 5.74) is -0.335. The highest BCUT2D eigenvalue weighted by Crippen LogP contribution is 2.35. The summed E-state index contributed by atoms with van der Waals surface area (Å²) in [6.07, 6.45) is -17.3. The van der Waals surface area contributed by atoms with Gasteiger partial charge in [-0.2, -0.15) is 0 Å². The number of carbonyl (C=O) groups is 1. The van der Waals surface area contributed by atoms with E-state index in [1.165, 1.54) is 37.3 Å². The summed E-state index contributed by atoms with van der Waals surface area (Å²) in [5, 5.41) is 81.1. The van der Waals surface area contributed by atoms with Gasteiger partial charge in [-0.3, -0.25) is 4.79 Å². The zero-order valence-corrected chi connectivity index (χ0v) is 21.8. The number of phenolic OH excluding ortho intramolecular Hbond substituents is 2. The van der Waals surface area contributed by atoms with Gasteiger partial charge in [-0.1, -0.05) is 0 Å². The number of rotatable bonds is 6. The van der Waals surface area contributed by atoms with E-state index in [9.17, 15) is 50.4 Å². The predicted octanol–water partition coefficient (Wildman–Crippen LogP) is -1.01. The van der Waals surface area contributed by atoms with Crippen LogP contribution in [0.25, 0.3) is 22.3 Å². The van der Waals surface area contributed by atoms with E-state index in [0.29, 0.717) is 5.56 Å². The maximum atomic E-state index is 12.8. The Morgan fingerprint density at radius 1 is 0.833 bits per heavy atom. The fraction of sp³-hybridized carbons (Fsp3) is 0.407. The predicted molar refractivity (Wildman–Crippen MR) is 137 cm³/mol. The van der Waals surface area contributed by atoms with Gasteiger partial charge in [-0.25, -0.2) is 4.79 Å². The molecule has 8 N–H and O–H groups in total. The second kappa shape index (κ2) is 11.5. The Kier molecular flexibility index (Phi) is 8.10. The smallest absolute Gasteiger partial charge is 0.335 e. The number of fused-ring (bicyclic) bond motifs is 1. The van der Waals surface area contributed by atoms with Gasteiger partial charge in [0.15, 0.2) is 23.9 Å². The lowest BCUT2D eigenvalue weighted by Gasteiger charge is -2.45. The molecule has 0 saturated carbocycles. The number of carboxylic acids is 1. The lowest BCUT2D eigenvalue weighted by molar-refractivity contribution is -0.351. The summed E-state index contributed by atoms with van der Waals surface area (Å²) < 4.78 is 27.9. The topological polar surface area (TPSA) is 246 Å². The van der Waals surface area contributed by atoms with E-state index in [1.54, 1.807) is 0 Å². The zero-order valence-electron chi connectivity index (χ0n) is 21.8. The highest BCUT2D eigenvalue weighted by molar-refractivity contribution is 5.86. The van der Waals surface area contributed by atoms with Crippen molar-refractivity contribution in [2.45, 2.75) is 68.3 Å². The molecular weight excluding hydrogens is 564 g/mol. The Hall–Kier alpha value is -3.80. The SMILES string of the molecule is C[C@@H]1O[C@@H](O[C@H]2[C@H](Oc3cc(O)c4c(=O)cc(-c5ccc(O)cc5)oc4c3)O[C@H](C(=O)O)[C@H](O)[C@@H]2O)[C@H](O)[C@H](O)[C@H]1O. The Balaban J connectivity index is 1.49. The van der Waals surface area contributed by atoms with Crippen LogP contribution in [0, 0.1) is 0 Å². The molecule has 2 aromatic carbocycles. The van der Waals surface area contributed by atoms with Crippen LogP contribution >= 0.6 is 0 Å². The van der Waals surface area contributed by atoms with Gasteiger partial charge in [0.2, 0.25) is 6.29 Å². The van der Waals surface area contributed by atoms with Crippen LogP contribution in [0.3, 0.4) is 0 Å². The molecule has 0 spiro atoms. The number of ether oxygens (including phenoxy) is 4. The molecule has 0 amide bonds. The fourth-order valence-corrected chi connectivity index (χ4v) is 4.77. The Bertz CT molecular complexity index is 1500. The van der Waals surface area contributed by atoms with Crippen molar-refractivity contribution in [1.29, 1.82) is 0 Å². The standard InChI is InChI=1S/C27H28O15/c1-9-18(31)19(32)22(35)26(38-9)42-24-21(34)20(33)23(25(36)37)41-27(24)39-12-6-13(29)17-14(30)8-15(40-16(17)7-12)10-2-4-11(28)5-3-10/h2-9,18-24,26-29,31-35H,1H3,(H,36,37)/t9-,18-,19+,20+,21-,22+,23-,24+,26-,27+/m0/s1. The highest BCUT2D eigenvalue weighted by Gasteiger charge is 2.52. The minimum Gasteiger partial charge on any atom is -0.508 e. The number of benzene rings is 2. The number of phenols is 2. The van der Waals surface area contributed by atoms with Crippen molar-refractivity contribution in [3.8, 4) is 28.6 Å². The number of aliphatic hydroxyl groups is 5. The number of carboxylic acid groups (broad SMARTS) is 1. The summed E-state index contributed by atoms with van der Waals surface area (Å²) >= 11 is 0. The molecule has 3 heterocycles. The molecule has 5 rings (SSSR count). The van der Waals surface area contributed by atoms with Crippen LogP contribution in [-0.4, -0.2) is 108 Å². The van der Waals surface area contributed by atoms with Crippen LogP contribution in [-0.2, 0) is 19.0 Å². The minimum atomic E-state index is -2.03. The van der Waals surface area contributed by atoms with Crippen molar-refractivity contribution in [1.82, 2.24) is 0 Å². The van der Waals surface area contributed by atoms with Gasteiger partial charge >= 0.3 is 5.97 Å². The third kappa shape index (κ3) is 5.51. The van der Waals surface area contributed by atoms with Crippen molar-refractivity contribution < 1.29 is 69.0 Å². The van der Waals surface area contributed by atoms with Gasteiger partial charge in [-0.05, 0) is 31.2 Å². The molecule has 2 saturated heterocycles.